The number of benzene rings is 7. The van der Waals surface area contributed by atoms with E-state index >= 15 is 0 Å². The lowest BCUT2D eigenvalue weighted by Crippen LogP contribution is -2.44. The maximum Gasteiger partial charge on any atom is 0.242 e. The molecule has 0 aliphatic carbocycles. The van der Waals surface area contributed by atoms with Gasteiger partial charge >= 0.3 is 0 Å². The first-order valence-corrected chi connectivity index (χ1v) is 18.6. The first-order valence-electron chi connectivity index (χ1n) is 18.6. The Kier molecular flexibility index (Phi) is 12.3. The minimum Gasteiger partial charge on any atom is -0.380 e. The second kappa shape index (κ2) is 18.2. The molecule has 0 saturated carbocycles. The Morgan fingerprint density at radius 2 is 0.556 bits per heavy atom. The highest BCUT2D eigenvalue weighted by atomic mass is 16.5. The van der Waals surface area contributed by atoms with Crippen LogP contribution in [-0.4, -0.2) is 40.9 Å². The lowest BCUT2D eigenvalue weighted by atomic mass is 9.34. The van der Waals surface area contributed by atoms with E-state index in [0.29, 0.717) is 13.2 Å². The van der Waals surface area contributed by atoms with Crippen LogP contribution in [0.3, 0.4) is 0 Å². The largest absolute Gasteiger partial charge is 0.380 e. The Balaban J connectivity index is 1.45. The summed E-state index contributed by atoms with van der Waals surface area (Å²) >= 11 is 0. The van der Waals surface area contributed by atoms with Gasteiger partial charge in [-0.3, -0.25) is 0 Å². The Morgan fingerprint density at radius 3 is 0.796 bits per heavy atom. The maximum absolute atomic E-state index is 6.04. The zero-order valence-electron chi connectivity index (χ0n) is 31.0. The second-order valence-corrected chi connectivity index (χ2v) is 13.5. The third-order valence-corrected chi connectivity index (χ3v) is 10.1. The smallest absolute Gasteiger partial charge is 0.242 e. The summed E-state index contributed by atoms with van der Waals surface area (Å²) < 4.78 is 12.1. The molecule has 0 fully saturated rings. The van der Waals surface area contributed by atoms with Gasteiger partial charge in [-0.15, -0.1) is 0 Å². The lowest BCUT2D eigenvalue weighted by Gasteiger charge is -2.25. The van der Waals surface area contributed by atoms with E-state index in [1.807, 2.05) is 0 Å². The molecular weight excluding hydrogens is 654 g/mol. The van der Waals surface area contributed by atoms with Crippen molar-refractivity contribution in [2.24, 2.45) is 0 Å². The van der Waals surface area contributed by atoms with Crippen LogP contribution in [0, 0.1) is 0 Å². The van der Waals surface area contributed by atoms with Gasteiger partial charge < -0.3 is 9.47 Å². The zero-order chi connectivity index (χ0) is 37.0. The molecule has 0 bridgehead atoms. The van der Waals surface area contributed by atoms with Gasteiger partial charge in [0.25, 0.3) is 0 Å². The Bertz CT molecular complexity index is 2010. The topological polar surface area (TPSA) is 18.5 Å². The molecule has 0 aliphatic heterocycles. The molecule has 0 unspecified atom stereocenters. The molecule has 0 amide bonds. The van der Waals surface area contributed by atoms with Gasteiger partial charge in [-0.1, -0.05) is 239 Å². The van der Waals surface area contributed by atoms with Crippen LogP contribution >= 0.6 is 0 Å². The van der Waals surface area contributed by atoms with Crippen LogP contribution in [0.4, 0.5) is 0 Å². The van der Waals surface area contributed by atoms with E-state index in [9.17, 15) is 0 Å². The monoisotopic (exact) mass is 698 g/mol. The second-order valence-electron chi connectivity index (χ2n) is 13.5. The van der Waals surface area contributed by atoms with Gasteiger partial charge in [0.1, 0.15) is 0 Å². The van der Waals surface area contributed by atoms with Crippen LogP contribution < -0.4 is 21.9 Å². The average molecular weight is 699 g/mol. The van der Waals surface area contributed by atoms with Gasteiger partial charge in [0.05, 0.1) is 13.2 Å². The van der Waals surface area contributed by atoms with E-state index in [4.69, 9.17) is 9.47 Å². The maximum atomic E-state index is 6.04. The fraction of sp³-hybridized carbons (Fsp3) is 0.0800. The highest BCUT2D eigenvalue weighted by molar-refractivity contribution is 7.01. The number of hydrogen-bond acceptors (Lipinski definition) is 2. The van der Waals surface area contributed by atoms with Crippen molar-refractivity contribution in [3.8, 4) is 0 Å². The number of hydrogen-bond donors (Lipinski definition) is 0. The molecule has 2 nitrogen and oxygen atoms in total. The van der Waals surface area contributed by atoms with Crippen LogP contribution in [0.25, 0.3) is 22.1 Å². The molecule has 7 aromatic carbocycles. The molecule has 0 atom stereocenters. The summed E-state index contributed by atoms with van der Waals surface area (Å²) in [6.07, 6.45) is 0. The van der Waals surface area contributed by atoms with Crippen molar-refractivity contribution in [1.82, 2.24) is 0 Å². The van der Waals surface area contributed by atoms with Gasteiger partial charge in [0.2, 0.25) is 13.4 Å². The minimum absolute atomic E-state index is 0.00855. The third-order valence-electron chi connectivity index (χ3n) is 10.1. The first kappa shape index (κ1) is 36.4. The number of methoxy groups -OCH3 is 2. The van der Waals surface area contributed by atoms with Crippen molar-refractivity contribution in [3.05, 3.63) is 229 Å². The molecule has 0 saturated heterocycles. The highest BCUT2D eigenvalue weighted by Crippen LogP contribution is 2.33. The molecule has 4 heteroatoms. The van der Waals surface area contributed by atoms with Crippen LogP contribution in [-0.2, 0) is 9.47 Å². The zero-order valence-corrected chi connectivity index (χ0v) is 31.0. The van der Waals surface area contributed by atoms with Crippen LogP contribution in [0.1, 0.15) is 22.3 Å². The van der Waals surface area contributed by atoms with Crippen molar-refractivity contribution in [2.45, 2.75) is 0 Å². The van der Waals surface area contributed by atoms with E-state index < -0.39 is 0 Å². The summed E-state index contributed by atoms with van der Waals surface area (Å²) in [5.74, 6) is 0. The summed E-state index contributed by atoms with van der Waals surface area (Å²) in [6.45, 7) is 0.899. The number of ether oxygens (including phenoxy) is 2. The molecule has 7 rings (SSSR count). The van der Waals surface area contributed by atoms with E-state index in [-0.39, 0.29) is 13.4 Å². The van der Waals surface area contributed by atoms with E-state index in [1.165, 1.54) is 43.9 Å². The standard InChI is InChI=1S/C50H44B2O2/c1-53-37-47(49(41-21-9-3-10-22-41)51(43-25-13-5-14-26-43)44-27-15-6-16-28-44)39-33-35-40(36-34-39)48(38-54-2)50(42-23-11-4-12-24-42)52(45-29-17-7-18-30-45)46-31-19-8-20-32-46/h3-36H,37-38H2,1-2H3/b49-47+,50-48+. The molecule has 0 N–H and O–H groups in total. The molecule has 0 heterocycles. The summed E-state index contributed by atoms with van der Waals surface area (Å²) in [6, 6.07) is 73.8. The Morgan fingerprint density at radius 1 is 0.315 bits per heavy atom. The molecule has 0 spiro atoms. The number of rotatable bonds is 14. The summed E-state index contributed by atoms with van der Waals surface area (Å²) in [5, 5.41) is 0. The summed E-state index contributed by atoms with van der Waals surface area (Å²) in [4.78, 5) is 0. The molecular formula is C50H44B2O2. The fourth-order valence-corrected chi connectivity index (χ4v) is 7.69. The average Bonchev–Trinajstić information content (AvgIpc) is 3.25. The first-order chi connectivity index (χ1) is 26.8. The van der Waals surface area contributed by atoms with Gasteiger partial charge in [-0.05, 0) is 33.4 Å². The van der Waals surface area contributed by atoms with Gasteiger partial charge in [0.15, 0.2) is 0 Å². The van der Waals surface area contributed by atoms with Crippen LogP contribution in [0.2, 0.25) is 0 Å². The van der Waals surface area contributed by atoms with E-state index in [0.717, 1.165) is 22.3 Å². The van der Waals surface area contributed by atoms with Gasteiger partial charge in [-0.2, -0.15) is 0 Å². The SMILES string of the molecule is COC/C(=C(\B(c1ccccc1)c1ccccc1)c1ccccc1)c1ccc(/C(COC)=C(/B(c2ccccc2)c2ccccc2)c2ccccc2)cc1. The molecule has 0 aromatic heterocycles. The van der Waals surface area contributed by atoms with E-state index in [1.54, 1.807) is 14.2 Å². The molecule has 262 valence electrons. The molecule has 7 aromatic rings. The van der Waals surface area contributed by atoms with Gasteiger partial charge in [0, 0.05) is 14.2 Å². The fourth-order valence-electron chi connectivity index (χ4n) is 7.69. The molecule has 0 radical (unpaired) electrons. The van der Waals surface area contributed by atoms with E-state index in [2.05, 4.69) is 206 Å². The van der Waals surface area contributed by atoms with Crippen molar-refractivity contribution in [2.75, 3.05) is 27.4 Å². The van der Waals surface area contributed by atoms with Gasteiger partial charge in [-0.25, -0.2) is 0 Å². The summed E-state index contributed by atoms with van der Waals surface area (Å²) in [5.41, 5.74) is 14.3. The minimum atomic E-state index is -0.00855. The molecule has 0 aliphatic rings. The Hall–Kier alpha value is -5.93. The quantitative estimate of drug-likeness (QED) is 0.0839. The lowest BCUT2D eigenvalue weighted by molar-refractivity contribution is 0.240. The third kappa shape index (κ3) is 8.32. The van der Waals surface area contributed by atoms with Crippen molar-refractivity contribution >= 4 is 57.4 Å². The van der Waals surface area contributed by atoms with Crippen LogP contribution in [0.15, 0.2) is 206 Å². The van der Waals surface area contributed by atoms with Crippen molar-refractivity contribution in [1.29, 1.82) is 0 Å². The van der Waals surface area contributed by atoms with Crippen molar-refractivity contribution in [3.63, 3.8) is 0 Å². The Labute approximate surface area is 321 Å². The molecule has 54 heavy (non-hydrogen) atoms. The summed E-state index contributed by atoms with van der Waals surface area (Å²) in [7, 11) is 3.58. The normalized spacial score (nSPS) is 12.0. The predicted molar refractivity (Wildman–Crippen MR) is 233 cm³/mol. The predicted octanol–water partition coefficient (Wildman–Crippen LogP) is 8.50. The van der Waals surface area contributed by atoms with Crippen molar-refractivity contribution < 1.29 is 9.47 Å². The van der Waals surface area contributed by atoms with Crippen LogP contribution in [0.5, 0.6) is 0 Å². The highest BCUT2D eigenvalue weighted by Gasteiger charge is 2.30.